The predicted octanol–water partition coefficient (Wildman–Crippen LogP) is 7.79. The molecule has 0 bridgehead atoms. The second kappa shape index (κ2) is 7.46. The smallest absolute Gasteiger partial charge is 0.0635 e. The maximum Gasteiger partial charge on any atom is 0.0635 e. The van der Waals surface area contributed by atoms with E-state index in [9.17, 15) is 0 Å². The summed E-state index contributed by atoms with van der Waals surface area (Å²) in [6, 6.07) is 38.8. The van der Waals surface area contributed by atoms with Crippen molar-refractivity contribution in [2.24, 2.45) is 0 Å². The zero-order valence-corrected chi connectivity index (χ0v) is 18.5. The summed E-state index contributed by atoms with van der Waals surface area (Å²) in [5, 5.41) is 3.78. The Hall–Kier alpha value is -4.63. The van der Waals surface area contributed by atoms with Crippen LogP contribution in [0.3, 0.4) is 0 Å². The van der Waals surface area contributed by atoms with Gasteiger partial charge in [-0.3, -0.25) is 4.98 Å². The zero-order chi connectivity index (χ0) is 22.5. The Balaban J connectivity index is 1.51. The molecule has 7 aromatic rings. The number of aromatic nitrogens is 3. The molecule has 3 aromatic heterocycles. The van der Waals surface area contributed by atoms with Crippen molar-refractivity contribution in [3.8, 4) is 22.5 Å². The van der Waals surface area contributed by atoms with Gasteiger partial charge < -0.3 is 9.13 Å². The van der Waals surface area contributed by atoms with Crippen LogP contribution < -0.4 is 0 Å². The van der Waals surface area contributed by atoms with Crippen molar-refractivity contribution in [3.05, 3.63) is 128 Å². The maximum atomic E-state index is 4.27. The van der Waals surface area contributed by atoms with Gasteiger partial charge in [0.15, 0.2) is 0 Å². The van der Waals surface area contributed by atoms with Gasteiger partial charge in [0.05, 0.1) is 16.6 Å². The van der Waals surface area contributed by atoms with Crippen LogP contribution in [0, 0.1) is 0 Å². The van der Waals surface area contributed by atoms with E-state index >= 15 is 0 Å². The number of benzene rings is 4. The van der Waals surface area contributed by atoms with E-state index in [-0.39, 0.29) is 0 Å². The van der Waals surface area contributed by atoms with Crippen molar-refractivity contribution < 1.29 is 0 Å². The molecule has 0 spiro atoms. The number of hydrogen-bond acceptors (Lipinski definition) is 1. The SMILES string of the molecule is c1ccc(-n2ccc3c2ccc2c4ccccc4n(-c4ccc(-c5cccnc5)cc4)c23)cc1. The molecule has 7 rings (SSSR count). The summed E-state index contributed by atoms with van der Waals surface area (Å²) in [5.41, 5.74) is 8.26. The van der Waals surface area contributed by atoms with Crippen LogP contribution in [-0.4, -0.2) is 14.1 Å². The third kappa shape index (κ3) is 2.81. The van der Waals surface area contributed by atoms with Crippen LogP contribution in [0.25, 0.3) is 55.2 Å². The summed E-state index contributed by atoms with van der Waals surface area (Å²) < 4.78 is 4.66. The van der Waals surface area contributed by atoms with Gasteiger partial charge in [0, 0.05) is 46.1 Å². The van der Waals surface area contributed by atoms with Gasteiger partial charge in [-0.05, 0) is 59.7 Å². The molecular weight excluding hydrogens is 414 g/mol. The minimum absolute atomic E-state index is 1.12. The molecule has 3 heteroatoms. The lowest BCUT2D eigenvalue weighted by molar-refractivity contribution is 1.13. The van der Waals surface area contributed by atoms with Crippen LogP contribution in [-0.2, 0) is 0 Å². The molecule has 0 atom stereocenters. The highest BCUT2D eigenvalue weighted by Gasteiger charge is 2.16. The maximum absolute atomic E-state index is 4.27. The first-order chi connectivity index (χ1) is 16.9. The van der Waals surface area contributed by atoms with Gasteiger partial charge in [-0.25, -0.2) is 0 Å². The quantitative estimate of drug-likeness (QED) is 0.278. The van der Waals surface area contributed by atoms with Crippen LogP contribution in [0.5, 0.6) is 0 Å². The third-order valence-electron chi connectivity index (χ3n) is 6.66. The Morgan fingerprint density at radius 1 is 0.500 bits per heavy atom. The molecule has 0 radical (unpaired) electrons. The van der Waals surface area contributed by atoms with Gasteiger partial charge in [0.25, 0.3) is 0 Å². The Morgan fingerprint density at radius 2 is 1.32 bits per heavy atom. The van der Waals surface area contributed by atoms with Crippen molar-refractivity contribution in [2.45, 2.75) is 0 Å². The average molecular weight is 436 g/mol. The first kappa shape index (κ1) is 18.9. The van der Waals surface area contributed by atoms with E-state index < -0.39 is 0 Å². The normalized spacial score (nSPS) is 11.5. The number of fused-ring (bicyclic) bond motifs is 5. The summed E-state index contributed by atoms with van der Waals surface area (Å²) in [5.74, 6) is 0. The fourth-order valence-electron chi connectivity index (χ4n) is 5.09. The number of pyridine rings is 1. The molecule has 0 saturated carbocycles. The summed E-state index contributed by atoms with van der Waals surface area (Å²) in [6.45, 7) is 0. The zero-order valence-electron chi connectivity index (χ0n) is 18.5. The van der Waals surface area contributed by atoms with E-state index in [4.69, 9.17) is 0 Å². The van der Waals surface area contributed by atoms with Crippen molar-refractivity contribution in [1.29, 1.82) is 0 Å². The van der Waals surface area contributed by atoms with Crippen molar-refractivity contribution >= 4 is 32.7 Å². The Kier molecular flexibility index (Phi) is 4.15. The summed E-state index contributed by atoms with van der Waals surface area (Å²) >= 11 is 0. The van der Waals surface area contributed by atoms with Gasteiger partial charge in [-0.15, -0.1) is 0 Å². The molecule has 0 N–H and O–H groups in total. The average Bonchev–Trinajstić information content (AvgIpc) is 3.49. The number of rotatable bonds is 3. The van der Waals surface area contributed by atoms with Crippen molar-refractivity contribution in [3.63, 3.8) is 0 Å². The monoisotopic (exact) mass is 435 g/mol. The van der Waals surface area contributed by atoms with Gasteiger partial charge >= 0.3 is 0 Å². The second-order valence-corrected chi connectivity index (χ2v) is 8.56. The second-order valence-electron chi connectivity index (χ2n) is 8.56. The molecule has 0 saturated heterocycles. The molecule has 0 aliphatic heterocycles. The van der Waals surface area contributed by atoms with Crippen molar-refractivity contribution in [2.75, 3.05) is 0 Å². The lowest BCUT2D eigenvalue weighted by atomic mass is 10.1. The van der Waals surface area contributed by atoms with E-state index in [2.05, 4.69) is 123 Å². The lowest BCUT2D eigenvalue weighted by Crippen LogP contribution is -1.95. The topological polar surface area (TPSA) is 22.8 Å². The predicted molar refractivity (Wildman–Crippen MR) is 141 cm³/mol. The third-order valence-corrected chi connectivity index (χ3v) is 6.66. The molecule has 34 heavy (non-hydrogen) atoms. The molecule has 0 amide bonds. The molecule has 4 aromatic carbocycles. The van der Waals surface area contributed by atoms with Crippen LogP contribution in [0.2, 0.25) is 0 Å². The Labute approximate surface area is 197 Å². The largest absolute Gasteiger partial charge is 0.316 e. The number of nitrogens with zero attached hydrogens (tertiary/aromatic N) is 3. The molecule has 0 fully saturated rings. The molecule has 3 nitrogen and oxygen atoms in total. The molecule has 160 valence electrons. The Morgan fingerprint density at radius 3 is 2.15 bits per heavy atom. The number of hydrogen-bond donors (Lipinski definition) is 0. The fourth-order valence-corrected chi connectivity index (χ4v) is 5.09. The highest BCUT2D eigenvalue weighted by Crippen LogP contribution is 2.37. The van der Waals surface area contributed by atoms with Crippen LogP contribution in [0.4, 0.5) is 0 Å². The standard InChI is InChI=1S/C31H21N3/c1-2-8-24(9-3-1)33-20-18-28-29(33)17-16-27-26-10-4-5-11-30(26)34(31(27)28)25-14-12-22(13-15-25)23-7-6-19-32-21-23/h1-21H. The lowest BCUT2D eigenvalue weighted by Gasteiger charge is -2.11. The van der Waals surface area contributed by atoms with Crippen LogP contribution in [0.15, 0.2) is 128 Å². The van der Waals surface area contributed by atoms with Gasteiger partial charge in [-0.1, -0.05) is 60.7 Å². The molecule has 0 unspecified atom stereocenters. The minimum atomic E-state index is 1.12. The molecule has 3 heterocycles. The van der Waals surface area contributed by atoms with E-state index in [1.165, 1.54) is 38.4 Å². The first-order valence-electron chi connectivity index (χ1n) is 11.5. The summed E-state index contributed by atoms with van der Waals surface area (Å²) in [6.07, 6.45) is 5.89. The minimum Gasteiger partial charge on any atom is -0.316 e. The van der Waals surface area contributed by atoms with Gasteiger partial charge in [-0.2, -0.15) is 0 Å². The first-order valence-corrected chi connectivity index (χ1v) is 11.5. The van der Waals surface area contributed by atoms with Gasteiger partial charge in [0.2, 0.25) is 0 Å². The molecule has 0 aliphatic carbocycles. The summed E-state index contributed by atoms with van der Waals surface area (Å²) in [7, 11) is 0. The number of para-hydroxylation sites is 2. The Bertz CT molecular complexity index is 1770. The van der Waals surface area contributed by atoms with E-state index in [1.807, 2.05) is 18.5 Å². The van der Waals surface area contributed by atoms with E-state index in [1.54, 1.807) is 0 Å². The summed E-state index contributed by atoms with van der Waals surface area (Å²) in [4.78, 5) is 4.27. The highest BCUT2D eigenvalue weighted by molar-refractivity contribution is 6.18. The molecular formula is C31H21N3. The van der Waals surface area contributed by atoms with E-state index in [0.717, 1.165) is 16.8 Å². The van der Waals surface area contributed by atoms with Crippen LogP contribution >= 0.6 is 0 Å². The van der Waals surface area contributed by atoms with Crippen LogP contribution in [0.1, 0.15) is 0 Å². The molecule has 0 aliphatic rings. The van der Waals surface area contributed by atoms with Crippen molar-refractivity contribution in [1.82, 2.24) is 14.1 Å². The van der Waals surface area contributed by atoms with Gasteiger partial charge in [0.1, 0.15) is 0 Å². The highest BCUT2D eigenvalue weighted by atomic mass is 15.0. The van der Waals surface area contributed by atoms with E-state index in [0.29, 0.717) is 0 Å². The fraction of sp³-hybridized carbons (Fsp3) is 0.